The molecule has 1 atom stereocenters. The summed E-state index contributed by atoms with van der Waals surface area (Å²) in [6, 6.07) is 11.7. The Balaban J connectivity index is 1.21. The first kappa shape index (κ1) is 21.8. The summed E-state index contributed by atoms with van der Waals surface area (Å²) in [5.74, 6) is -0.567. The SMILES string of the molecule is O=C(c1cc(-c2ccc3c(c2)CCN([C@H]2CCN(C4CCC4)C2)C3=O)ccc1F)N1CCCC1. The molecule has 0 N–H and O–H groups in total. The van der Waals surface area contributed by atoms with Crippen molar-refractivity contribution in [2.45, 2.75) is 57.0 Å². The number of likely N-dealkylation sites (tertiary alicyclic amines) is 2. The lowest BCUT2D eigenvalue weighted by molar-refractivity contribution is 0.0646. The maximum absolute atomic E-state index is 14.5. The highest BCUT2D eigenvalue weighted by Gasteiger charge is 2.37. The molecule has 6 rings (SSSR count). The zero-order valence-corrected chi connectivity index (χ0v) is 19.6. The van der Waals surface area contributed by atoms with Crippen LogP contribution in [0.1, 0.15) is 64.8 Å². The molecule has 6 heteroatoms. The number of nitrogens with zero attached hydrogens (tertiary/aromatic N) is 3. The summed E-state index contributed by atoms with van der Waals surface area (Å²) < 4.78 is 14.5. The van der Waals surface area contributed by atoms with Gasteiger partial charge in [0, 0.05) is 50.4 Å². The smallest absolute Gasteiger partial charge is 0.256 e. The minimum absolute atomic E-state index is 0.136. The molecule has 2 aromatic rings. The first-order valence-electron chi connectivity index (χ1n) is 12.9. The lowest BCUT2D eigenvalue weighted by Gasteiger charge is -2.37. The van der Waals surface area contributed by atoms with Crippen LogP contribution in [0, 0.1) is 5.82 Å². The van der Waals surface area contributed by atoms with Gasteiger partial charge in [0.2, 0.25) is 0 Å². The van der Waals surface area contributed by atoms with Crippen LogP contribution in [0.2, 0.25) is 0 Å². The Bertz CT molecular complexity index is 1120. The zero-order chi connectivity index (χ0) is 23.2. The van der Waals surface area contributed by atoms with Gasteiger partial charge in [0.05, 0.1) is 5.56 Å². The summed E-state index contributed by atoms with van der Waals surface area (Å²) in [5.41, 5.74) is 3.70. The number of hydrogen-bond donors (Lipinski definition) is 0. The van der Waals surface area contributed by atoms with Gasteiger partial charge in [-0.05, 0) is 73.4 Å². The third-order valence-corrected chi connectivity index (χ3v) is 8.37. The number of fused-ring (bicyclic) bond motifs is 1. The molecule has 0 radical (unpaired) electrons. The number of rotatable bonds is 4. The van der Waals surface area contributed by atoms with E-state index >= 15 is 0 Å². The van der Waals surface area contributed by atoms with Gasteiger partial charge in [-0.1, -0.05) is 24.6 Å². The van der Waals surface area contributed by atoms with Crippen LogP contribution in [0.5, 0.6) is 0 Å². The molecule has 0 unspecified atom stereocenters. The Morgan fingerprint density at radius 3 is 2.38 bits per heavy atom. The van der Waals surface area contributed by atoms with E-state index in [9.17, 15) is 14.0 Å². The fourth-order valence-corrected chi connectivity index (χ4v) is 6.10. The standard InChI is InChI=1S/C28H32FN3O2/c29-26-9-7-20(17-25(26)27(33)30-12-1-2-13-30)19-6-8-24-21(16-19)10-15-32(28(24)34)23-11-14-31(18-23)22-4-3-5-22/h6-9,16-17,22-23H,1-5,10-15,18H2/t23-/m0/s1. The second kappa shape index (κ2) is 8.81. The van der Waals surface area contributed by atoms with Gasteiger partial charge < -0.3 is 9.80 Å². The lowest BCUT2D eigenvalue weighted by atomic mass is 9.91. The molecule has 2 amide bonds. The predicted octanol–water partition coefficient (Wildman–Crippen LogP) is 4.35. The molecule has 178 valence electrons. The van der Waals surface area contributed by atoms with E-state index in [0.29, 0.717) is 19.1 Å². The fourth-order valence-electron chi connectivity index (χ4n) is 6.10. The summed E-state index contributed by atoms with van der Waals surface area (Å²) >= 11 is 0. The van der Waals surface area contributed by atoms with Crippen LogP contribution in [-0.4, -0.2) is 71.3 Å². The second-order valence-electron chi connectivity index (χ2n) is 10.3. The highest BCUT2D eigenvalue weighted by Crippen LogP contribution is 2.33. The summed E-state index contributed by atoms with van der Waals surface area (Å²) in [6.45, 7) is 4.25. The quantitative estimate of drug-likeness (QED) is 0.680. The first-order chi connectivity index (χ1) is 16.6. The molecule has 1 aliphatic carbocycles. The van der Waals surface area contributed by atoms with Crippen molar-refractivity contribution >= 4 is 11.8 Å². The summed E-state index contributed by atoms with van der Waals surface area (Å²) in [5, 5.41) is 0. The zero-order valence-electron chi connectivity index (χ0n) is 19.6. The van der Waals surface area contributed by atoms with Crippen LogP contribution in [0.4, 0.5) is 4.39 Å². The van der Waals surface area contributed by atoms with Crippen molar-refractivity contribution in [2.75, 3.05) is 32.7 Å². The Labute approximate surface area is 200 Å². The molecule has 0 aromatic heterocycles. The van der Waals surface area contributed by atoms with Crippen molar-refractivity contribution < 1.29 is 14.0 Å². The molecule has 34 heavy (non-hydrogen) atoms. The molecule has 0 bridgehead atoms. The minimum Gasteiger partial charge on any atom is -0.339 e. The third kappa shape index (κ3) is 3.82. The van der Waals surface area contributed by atoms with Crippen LogP contribution in [0.3, 0.4) is 0 Å². The number of benzene rings is 2. The Hall–Kier alpha value is -2.73. The van der Waals surface area contributed by atoms with E-state index in [1.54, 1.807) is 17.0 Å². The number of carbonyl (C=O) groups excluding carboxylic acids is 2. The van der Waals surface area contributed by atoms with Gasteiger partial charge >= 0.3 is 0 Å². The van der Waals surface area contributed by atoms with Crippen LogP contribution in [0.15, 0.2) is 36.4 Å². The van der Waals surface area contributed by atoms with Crippen LogP contribution < -0.4 is 0 Å². The van der Waals surface area contributed by atoms with Crippen molar-refractivity contribution in [1.82, 2.24) is 14.7 Å². The van der Waals surface area contributed by atoms with Crippen LogP contribution in [0.25, 0.3) is 11.1 Å². The largest absolute Gasteiger partial charge is 0.339 e. The maximum atomic E-state index is 14.5. The molecule has 3 heterocycles. The second-order valence-corrected chi connectivity index (χ2v) is 10.3. The molecule has 4 aliphatic rings. The molecular formula is C28H32FN3O2. The van der Waals surface area contributed by atoms with Gasteiger partial charge in [-0.3, -0.25) is 14.5 Å². The Morgan fingerprint density at radius 2 is 1.62 bits per heavy atom. The van der Waals surface area contributed by atoms with Gasteiger partial charge in [0.15, 0.2) is 0 Å². The molecular weight excluding hydrogens is 429 g/mol. The van der Waals surface area contributed by atoms with Crippen LogP contribution in [-0.2, 0) is 6.42 Å². The van der Waals surface area contributed by atoms with Gasteiger partial charge in [-0.15, -0.1) is 0 Å². The molecule has 2 saturated heterocycles. The number of amides is 2. The molecule has 0 spiro atoms. The van der Waals surface area contributed by atoms with Crippen molar-refractivity contribution in [2.24, 2.45) is 0 Å². The molecule has 3 aliphatic heterocycles. The van der Waals surface area contributed by atoms with Gasteiger partial charge in [-0.25, -0.2) is 4.39 Å². The van der Waals surface area contributed by atoms with Crippen molar-refractivity contribution in [3.8, 4) is 11.1 Å². The van der Waals surface area contributed by atoms with Gasteiger partial charge in [0.1, 0.15) is 5.82 Å². The molecule has 3 fully saturated rings. The Kier molecular flexibility index (Phi) is 5.64. The van der Waals surface area contributed by atoms with Crippen molar-refractivity contribution in [3.63, 3.8) is 0 Å². The average molecular weight is 462 g/mol. The highest BCUT2D eigenvalue weighted by atomic mass is 19.1. The number of halogens is 1. The van der Waals surface area contributed by atoms with E-state index in [1.807, 2.05) is 12.1 Å². The van der Waals surface area contributed by atoms with E-state index in [4.69, 9.17) is 0 Å². The van der Waals surface area contributed by atoms with E-state index in [-0.39, 0.29) is 17.4 Å². The normalized spacial score (nSPS) is 23.3. The van der Waals surface area contributed by atoms with Gasteiger partial charge in [0.25, 0.3) is 11.8 Å². The monoisotopic (exact) mass is 461 g/mol. The van der Waals surface area contributed by atoms with Crippen molar-refractivity contribution in [1.29, 1.82) is 0 Å². The summed E-state index contributed by atoms with van der Waals surface area (Å²) in [6.07, 6.45) is 7.80. The van der Waals surface area contributed by atoms with E-state index in [2.05, 4.69) is 15.9 Å². The molecule has 5 nitrogen and oxygen atoms in total. The minimum atomic E-state index is -0.475. The van der Waals surface area contributed by atoms with E-state index < -0.39 is 5.82 Å². The fraction of sp³-hybridized carbons (Fsp3) is 0.500. The highest BCUT2D eigenvalue weighted by molar-refractivity contribution is 5.98. The molecule has 2 aromatic carbocycles. The van der Waals surface area contributed by atoms with Crippen LogP contribution >= 0.6 is 0 Å². The van der Waals surface area contributed by atoms with Crippen molar-refractivity contribution in [3.05, 3.63) is 58.9 Å². The first-order valence-corrected chi connectivity index (χ1v) is 12.9. The number of carbonyl (C=O) groups is 2. The number of hydrogen-bond acceptors (Lipinski definition) is 3. The van der Waals surface area contributed by atoms with Gasteiger partial charge in [-0.2, -0.15) is 0 Å². The topological polar surface area (TPSA) is 43.9 Å². The summed E-state index contributed by atoms with van der Waals surface area (Å²) in [7, 11) is 0. The third-order valence-electron chi connectivity index (χ3n) is 8.37. The van der Waals surface area contributed by atoms with E-state index in [0.717, 1.165) is 73.6 Å². The lowest BCUT2D eigenvalue weighted by Crippen LogP contribution is -2.47. The maximum Gasteiger partial charge on any atom is 0.256 e. The molecule has 1 saturated carbocycles. The Morgan fingerprint density at radius 1 is 0.853 bits per heavy atom. The summed E-state index contributed by atoms with van der Waals surface area (Å²) in [4.78, 5) is 32.6. The average Bonchev–Trinajstić information content (AvgIpc) is 3.51. The van der Waals surface area contributed by atoms with E-state index in [1.165, 1.54) is 25.3 Å². The predicted molar refractivity (Wildman–Crippen MR) is 129 cm³/mol.